The normalized spacial score (nSPS) is 14.6. The smallest absolute Gasteiger partial charge is 0.307 e. The number of hydrogen-bond donors (Lipinski definition) is 0. The highest BCUT2D eigenvalue weighted by molar-refractivity contribution is 5.79. The summed E-state index contributed by atoms with van der Waals surface area (Å²) in [7, 11) is 2.93. The van der Waals surface area contributed by atoms with Gasteiger partial charge in [0.1, 0.15) is 0 Å². The van der Waals surface area contributed by atoms with Gasteiger partial charge in [-0.2, -0.15) is 0 Å². The molecule has 1 aliphatic carbocycles. The molecule has 2 rings (SSSR count). The molecular weight excluding hydrogens is 322 g/mol. The summed E-state index contributed by atoms with van der Waals surface area (Å²) in [5, 5.41) is 0. The Morgan fingerprint density at radius 2 is 1.76 bits per heavy atom. The van der Waals surface area contributed by atoms with Gasteiger partial charge in [-0.15, -0.1) is 0 Å². The predicted octanol–water partition coefficient (Wildman–Crippen LogP) is 2.80. The van der Waals surface area contributed by atoms with Gasteiger partial charge in [-0.1, -0.05) is 31.4 Å². The van der Waals surface area contributed by atoms with Gasteiger partial charge in [0.2, 0.25) is 0 Å². The summed E-state index contributed by atoms with van der Waals surface area (Å²) in [6, 6.07) is 7.41. The first-order valence-electron chi connectivity index (χ1n) is 8.77. The molecule has 0 radical (unpaired) electrons. The van der Waals surface area contributed by atoms with Crippen molar-refractivity contribution >= 4 is 11.9 Å². The van der Waals surface area contributed by atoms with E-state index in [0.29, 0.717) is 18.0 Å². The average molecular weight is 349 g/mol. The average Bonchev–Trinajstić information content (AvgIpc) is 2.67. The van der Waals surface area contributed by atoms with Gasteiger partial charge in [0.05, 0.1) is 20.6 Å². The van der Waals surface area contributed by atoms with Crippen LogP contribution >= 0.6 is 0 Å². The van der Waals surface area contributed by atoms with E-state index >= 15 is 0 Å². The second kappa shape index (κ2) is 9.91. The molecule has 0 aliphatic heterocycles. The number of carbonyl (C=O) groups is 2. The van der Waals surface area contributed by atoms with Crippen molar-refractivity contribution in [3.05, 3.63) is 24.3 Å². The van der Waals surface area contributed by atoms with Gasteiger partial charge in [0.25, 0.3) is 5.91 Å². The predicted molar refractivity (Wildman–Crippen MR) is 93.7 cm³/mol. The molecule has 1 amide bonds. The van der Waals surface area contributed by atoms with Gasteiger partial charge in [0, 0.05) is 12.6 Å². The second-order valence-electron chi connectivity index (χ2n) is 6.14. The van der Waals surface area contributed by atoms with Crippen LogP contribution in [0.15, 0.2) is 24.3 Å². The highest BCUT2D eigenvalue weighted by atomic mass is 16.5. The van der Waals surface area contributed by atoms with E-state index in [-0.39, 0.29) is 30.9 Å². The number of hydrogen-bond acceptors (Lipinski definition) is 5. The van der Waals surface area contributed by atoms with Crippen LogP contribution in [0.3, 0.4) is 0 Å². The molecule has 138 valence electrons. The number of methoxy groups -OCH3 is 2. The molecular formula is C19H27NO5. The van der Waals surface area contributed by atoms with Gasteiger partial charge in [-0.25, -0.2) is 0 Å². The minimum absolute atomic E-state index is 0.0714. The number of nitrogens with zero attached hydrogens (tertiary/aromatic N) is 1. The minimum atomic E-state index is -0.306. The molecule has 0 bridgehead atoms. The molecule has 1 saturated carbocycles. The molecule has 6 heteroatoms. The highest BCUT2D eigenvalue weighted by Crippen LogP contribution is 2.26. The fourth-order valence-electron chi connectivity index (χ4n) is 3.18. The van der Waals surface area contributed by atoms with Crippen LogP contribution in [-0.2, 0) is 14.3 Å². The van der Waals surface area contributed by atoms with Crippen LogP contribution in [0.5, 0.6) is 11.5 Å². The number of para-hydroxylation sites is 2. The Kier molecular flexibility index (Phi) is 7.57. The Balaban J connectivity index is 1.99. The zero-order valence-corrected chi connectivity index (χ0v) is 15.0. The molecule has 1 aliphatic rings. The lowest BCUT2D eigenvalue weighted by molar-refractivity contribution is -0.143. The largest absolute Gasteiger partial charge is 0.493 e. The standard InChI is InChI=1S/C19H27NO5/c1-23-16-10-6-7-11-17(16)25-14-18(21)20(13-12-19(22)24-2)15-8-4-3-5-9-15/h6-7,10-11,15H,3-5,8-9,12-14H2,1-2H3. The van der Waals surface area contributed by atoms with Gasteiger partial charge < -0.3 is 19.1 Å². The number of rotatable bonds is 8. The molecule has 0 aromatic heterocycles. The van der Waals surface area contributed by atoms with Crippen molar-refractivity contribution in [2.75, 3.05) is 27.4 Å². The van der Waals surface area contributed by atoms with Crippen LogP contribution in [0.2, 0.25) is 0 Å². The van der Waals surface area contributed by atoms with Crippen LogP contribution in [-0.4, -0.2) is 50.2 Å². The van der Waals surface area contributed by atoms with Crippen LogP contribution in [0.25, 0.3) is 0 Å². The molecule has 0 heterocycles. The Labute approximate surface area is 149 Å². The van der Waals surface area contributed by atoms with Crippen molar-refractivity contribution in [3.63, 3.8) is 0 Å². The molecule has 1 aromatic carbocycles. The van der Waals surface area contributed by atoms with Crippen molar-refractivity contribution in [2.45, 2.75) is 44.6 Å². The summed E-state index contributed by atoms with van der Waals surface area (Å²) >= 11 is 0. The lowest BCUT2D eigenvalue weighted by atomic mass is 9.94. The highest BCUT2D eigenvalue weighted by Gasteiger charge is 2.26. The molecule has 25 heavy (non-hydrogen) atoms. The monoisotopic (exact) mass is 349 g/mol. The number of carbonyl (C=O) groups excluding carboxylic acids is 2. The van der Waals surface area contributed by atoms with Crippen molar-refractivity contribution in [1.82, 2.24) is 4.90 Å². The summed E-state index contributed by atoms with van der Waals surface area (Å²) < 4.78 is 15.6. The summed E-state index contributed by atoms with van der Waals surface area (Å²) in [6.45, 7) is 0.295. The number of benzene rings is 1. The van der Waals surface area contributed by atoms with Crippen LogP contribution < -0.4 is 9.47 Å². The Morgan fingerprint density at radius 1 is 1.08 bits per heavy atom. The molecule has 1 aromatic rings. The van der Waals surface area contributed by atoms with Crippen LogP contribution in [0.4, 0.5) is 0 Å². The third kappa shape index (κ3) is 5.66. The van der Waals surface area contributed by atoms with E-state index in [9.17, 15) is 9.59 Å². The number of ether oxygens (including phenoxy) is 3. The van der Waals surface area contributed by atoms with Crippen molar-refractivity contribution in [3.8, 4) is 11.5 Å². The fraction of sp³-hybridized carbons (Fsp3) is 0.579. The zero-order chi connectivity index (χ0) is 18.1. The van der Waals surface area contributed by atoms with Gasteiger partial charge in [-0.05, 0) is 25.0 Å². The Hall–Kier alpha value is -2.24. The van der Waals surface area contributed by atoms with Crippen LogP contribution in [0.1, 0.15) is 38.5 Å². The number of esters is 1. The third-order valence-corrected chi connectivity index (χ3v) is 4.54. The van der Waals surface area contributed by atoms with E-state index in [2.05, 4.69) is 0 Å². The van der Waals surface area contributed by atoms with E-state index in [1.54, 1.807) is 24.1 Å². The first-order chi connectivity index (χ1) is 12.2. The van der Waals surface area contributed by atoms with Gasteiger partial charge >= 0.3 is 5.97 Å². The second-order valence-corrected chi connectivity index (χ2v) is 6.14. The van der Waals surface area contributed by atoms with E-state index < -0.39 is 0 Å². The molecule has 0 N–H and O–H groups in total. The summed E-state index contributed by atoms with van der Waals surface area (Å²) in [4.78, 5) is 26.0. The zero-order valence-electron chi connectivity index (χ0n) is 15.0. The molecule has 1 fully saturated rings. The summed E-state index contributed by atoms with van der Waals surface area (Å²) in [6.07, 6.45) is 5.57. The Morgan fingerprint density at radius 3 is 2.40 bits per heavy atom. The summed E-state index contributed by atoms with van der Waals surface area (Å²) in [5.74, 6) is 0.713. The van der Waals surface area contributed by atoms with E-state index in [1.807, 2.05) is 12.1 Å². The van der Waals surface area contributed by atoms with Crippen molar-refractivity contribution < 1.29 is 23.8 Å². The van der Waals surface area contributed by atoms with E-state index in [4.69, 9.17) is 14.2 Å². The first-order valence-corrected chi connectivity index (χ1v) is 8.77. The lowest BCUT2D eigenvalue weighted by Gasteiger charge is -2.34. The molecule has 0 atom stereocenters. The molecule has 6 nitrogen and oxygen atoms in total. The summed E-state index contributed by atoms with van der Waals surface area (Å²) in [5.41, 5.74) is 0. The third-order valence-electron chi connectivity index (χ3n) is 4.54. The fourth-order valence-corrected chi connectivity index (χ4v) is 3.18. The van der Waals surface area contributed by atoms with Crippen molar-refractivity contribution in [1.29, 1.82) is 0 Å². The first kappa shape index (κ1) is 19.1. The number of amides is 1. The maximum absolute atomic E-state index is 12.7. The SMILES string of the molecule is COC(=O)CCN(C(=O)COc1ccccc1OC)C1CCCCC1. The van der Waals surface area contributed by atoms with Gasteiger partial charge in [0.15, 0.2) is 18.1 Å². The van der Waals surface area contributed by atoms with E-state index in [0.717, 1.165) is 25.7 Å². The van der Waals surface area contributed by atoms with Crippen LogP contribution in [0, 0.1) is 0 Å². The van der Waals surface area contributed by atoms with Crippen molar-refractivity contribution in [2.24, 2.45) is 0 Å². The quantitative estimate of drug-likeness (QED) is 0.675. The Bertz CT molecular complexity index is 569. The molecule has 0 unspecified atom stereocenters. The molecule has 0 spiro atoms. The van der Waals surface area contributed by atoms with Gasteiger partial charge in [-0.3, -0.25) is 9.59 Å². The topological polar surface area (TPSA) is 65.1 Å². The molecule has 0 saturated heterocycles. The van der Waals surface area contributed by atoms with E-state index in [1.165, 1.54) is 13.5 Å². The maximum Gasteiger partial charge on any atom is 0.307 e. The minimum Gasteiger partial charge on any atom is -0.493 e. The maximum atomic E-state index is 12.7. The lowest BCUT2D eigenvalue weighted by Crippen LogP contribution is -2.44.